The van der Waals surface area contributed by atoms with Gasteiger partial charge in [-0.2, -0.15) is 0 Å². The molecule has 1 aromatic rings. The molecule has 446 valence electrons. The Bertz CT molecular complexity index is 2220. The molecule has 0 aromatic heterocycles. The molecular formula is C53H82N2O24+2. The van der Waals surface area contributed by atoms with Crippen molar-refractivity contribution in [1.29, 1.82) is 0 Å². The average Bonchev–Trinajstić information content (AvgIpc) is 3.36. The zero-order chi connectivity index (χ0) is 60.4. The summed E-state index contributed by atoms with van der Waals surface area (Å²) in [5.41, 5.74) is -5.16. The van der Waals surface area contributed by atoms with E-state index in [4.69, 9.17) is 61.6 Å². The molecule has 0 spiro atoms. The van der Waals surface area contributed by atoms with Gasteiger partial charge in [-0.25, -0.2) is 24.0 Å². The van der Waals surface area contributed by atoms with Crippen molar-refractivity contribution in [3.8, 4) is 0 Å². The second kappa shape index (κ2) is 32.7. The monoisotopic (exact) mass is 1130 g/mol. The molecule has 0 aliphatic carbocycles. The lowest BCUT2D eigenvalue weighted by atomic mass is 9.93. The van der Waals surface area contributed by atoms with Gasteiger partial charge in [0, 0.05) is 26.7 Å². The topological polar surface area (TPSA) is 308 Å². The van der Waals surface area contributed by atoms with Gasteiger partial charge in [0.2, 0.25) is 0 Å². The van der Waals surface area contributed by atoms with Crippen molar-refractivity contribution in [2.24, 2.45) is 22.2 Å². The second-order valence-electron chi connectivity index (χ2n) is 21.7. The highest BCUT2D eigenvalue weighted by Gasteiger charge is 2.43. The van der Waals surface area contributed by atoms with Crippen LogP contribution in [0.1, 0.15) is 80.7 Å². The molecule has 0 fully saturated rings. The molecule has 0 bridgehead atoms. The van der Waals surface area contributed by atoms with Gasteiger partial charge in [0.15, 0.2) is 18.3 Å². The smallest absolute Gasteiger partial charge is 0.465 e. The second-order valence-corrected chi connectivity index (χ2v) is 21.7. The first kappa shape index (κ1) is 69.9. The Morgan fingerprint density at radius 2 is 0.772 bits per heavy atom. The minimum Gasteiger partial charge on any atom is -0.465 e. The van der Waals surface area contributed by atoms with Crippen LogP contribution in [-0.2, 0) is 111 Å². The Hall–Kier alpha value is -7.09. The largest absolute Gasteiger partial charge is 0.508 e. The molecular weight excluding hydrogens is 1050 g/mol. The number of ether oxygens (including phenoxy) is 13. The van der Waals surface area contributed by atoms with Crippen molar-refractivity contribution >= 4 is 66.0 Å². The van der Waals surface area contributed by atoms with Gasteiger partial charge in [0.05, 0.1) is 74.5 Å². The Kier molecular flexibility index (Phi) is 29.0. The number of hydrogen-bond donors (Lipinski definition) is 0. The molecule has 0 heterocycles. The molecule has 0 aliphatic heterocycles. The van der Waals surface area contributed by atoms with Gasteiger partial charge in [-0.05, 0) is 54.0 Å². The minimum absolute atomic E-state index is 0.0480. The van der Waals surface area contributed by atoms with E-state index in [2.05, 4.69) is 0 Å². The first-order valence-electron chi connectivity index (χ1n) is 25.3. The molecule has 26 heteroatoms. The molecule has 26 nitrogen and oxygen atoms in total. The zero-order valence-corrected chi connectivity index (χ0v) is 48.3. The van der Waals surface area contributed by atoms with Crippen LogP contribution in [0.5, 0.6) is 0 Å². The Labute approximate surface area is 461 Å². The molecule has 3 unspecified atom stereocenters. The fraction of sp³-hybridized carbons (Fsp3) is 0.679. The number of quaternary nitrogens is 2. The predicted octanol–water partition coefficient (Wildman–Crippen LogP) is 3.43. The summed E-state index contributed by atoms with van der Waals surface area (Å²) in [4.78, 5) is 140. The summed E-state index contributed by atoms with van der Waals surface area (Å²) in [7, 11) is 11.6. The van der Waals surface area contributed by atoms with Crippen LogP contribution in [-0.4, -0.2) is 208 Å². The molecule has 1 rings (SSSR count). The molecule has 0 amide bonds. The number of carbonyl (C=O) groups excluding carboxylic acids is 11. The maximum atomic E-state index is 13.8. The third-order valence-electron chi connectivity index (χ3n) is 11.1. The van der Waals surface area contributed by atoms with Gasteiger partial charge in [-0.3, -0.25) is 28.8 Å². The molecule has 1 aromatic carbocycles. The quantitative estimate of drug-likeness (QED) is 0.0413. The SMILES string of the molecule is CC(=O)O[C@H](C)C(=O)OC[C@H](C)C(=O)OCC(C)(COC(=O)OCC(C)(COC(=O)OCC(C)(COC(=O)[C@@H](C)OC(=O)[C@@H](C)OC(C)=O)C(=O)OCCC[N+](C)(C)C)C(=O)OCc1ccccc1)C(=O)OCCC[N+](C)(C)C. The van der Waals surface area contributed by atoms with Crippen LogP contribution in [0.2, 0.25) is 0 Å². The van der Waals surface area contributed by atoms with E-state index in [1.165, 1.54) is 48.5 Å². The van der Waals surface area contributed by atoms with E-state index >= 15 is 0 Å². The fourth-order valence-electron chi connectivity index (χ4n) is 6.11. The van der Waals surface area contributed by atoms with Gasteiger partial charge < -0.3 is 70.5 Å². The normalized spacial score (nSPS) is 15.1. The fourth-order valence-corrected chi connectivity index (χ4v) is 6.11. The first-order valence-corrected chi connectivity index (χ1v) is 25.3. The summed E-state index contributed by atoms with van der Waals surface area (Å²) < 4.78 is 69.2. The zero-order valence-electron chi connectivity index (χ0n) is 48.3. The highest BCUT2D eigenvalue weighted by molar-refractivity contribution is 5.84. The van der Waals surface area contributed by atoms with Crippen molar-refractivity contribution in [2.45, 2.75) is 100 Å². The lowest BCUT2D eigenvalue weighted by Gasteiger charge is -2.29. The van der Waals surface area contributed by atoms with Gasteiger partial charge in [0.25, 0.3) is 0 Å². The summed E-state index contributed by atoms with van der Waals surface area (Å²) in [6.07, 6.45) is -6.14. The van der Waals surface area contributed by atoms with E-state index in [9.17, 15) is 52.7 Å². The summed E-state index contributed by atoms with van der Waals surface area (Å²) in [6, 6.07) is 8.47. The van der Waals surface area contributed by atoms with Gasteiger partial charge in [-0.15, -0.1) is 0 Å². The predicted molar refractivity (Wildman–Crippen MR) is 272 cm³/mol. The van der Waals surface area contributed by atoms with Crippen LogP contribution in [0.4, 0.5) is 9.59 Å². The maximum absolute atomic E-state index is 13.8. The third-order valence-corrected chi connectivity index (χ3v) is 11.1. The van der Waals surface area contributed by atoms with Crippen LogP contribution in [0.25, 0.3) is 0 Å². The summed E-state index contributed by atoms with van der Waals surface area (Å²) >= 11 is 0. The highest BCUT2D eigenvalue weighted by Crippen LogP contribution is 2.26. The number of carbonyl (C=O) groups is 11. The molecule has 0 N–H and O–H groups in total. The van der Waals surface area contributed by atoms with Crippen molar-refractivity contribution < 1.29 is 123 Å². The van der Waals surface area contributed by atoms with E-state index < -0.39 is 153 Å². The molecule has 79 heavy (non-hydrogen) atoms. The van der Waals surface area contributed by atoms with Crippen molar-refractivity contribution in [3.05, 3.63) is 35.9 Å². The average molecular weight is 1130 g/mol. The van der Waals surface area contributed by atoms with Gasteiger partial charge in [-0.1, -0.05) is 30.3 Å². The number of esters is 9. The highest BCUT2D eigenvalue weighted by atomic mass is 16.7. The van der Waals surface area contributed by atoms with Crippen LogP contribution in [0, 0.1) is 22.2 Å². The van der Waals surface area contributed by atoms with E-state index in [-0.39, 0.29) is 19.8 Å². The molecule has 0 saturated carbocycles. The summed E-state index contributed by atoms with van der Waals surface area (Å²) in [5.74, 6) is -9.46. The van der Waals surface area contributed by atoms with Crippen LogP contribution >= 0.6 is 0 Å². The van der Waals surface area contributed by atoms with Gasteiger partial charge in [0.1, 0.15) is 69.1 Å². The summed E-state index contributed by atoms with van der Waals surface area (Å²) in [5, 5.41) is 0. The van der Waals surface area contributed by atoms with E-state index in [1.807, 2.05) is 42.3 Å². The van der Waals surface area contributed by atoms with Crippen LogP contribution in [0.15, 0.2) is 30.3 Å². The van der Waals surface area contributed by atoms with Gasteiger partial charge >= 0.3 is 66.0 Å². The molecule has 0 saturated heterocycles. The number of rotatable bonds is 34. The van der Waals surface area contributed by atoms with E-state index in [1.54, 1.807) is 30.3 Å². The lowest BCUT2D eigenvalue weighted by Crippen LogP contribution is -2.43. The van der Waals surface area contributed by atoms with Crippen molar-refractivity contribution in [1.82, 2.24) is 0 Å². The van der Waals surface area contributed by atoms with Crippen molar-refractivity contribution in [3.63, 3.8) is 0 Å². The molecule has 7 atom stereocenters. The lowest BCUT2D eigenvalue weighted by molar-refractivity contribution is -0.870. The number of nitrogens with zero attached hydrogens (tertiary/aromatic N) is 2. The Morgan fingerprint density at radius 1 is 0.430 bits per heavy atom. The van der Waals surface area contributed by atoms with Crippen molar-refractivity contribution in [2.75, 3.05) is 115 Å². The first-order chi connectivity index (χ1) is 36.5. The standard InChI is InChI=1S/C53H82N2O24/c1-35(27-69-43(59)36(2)77-39(5)56)42(58)71-29-51(7,46(62)67-25-19-23-54(10,11)12)31-73-49(65)75-33-53(9,48(64)70-28-41-21-17-16-18-22-41)34-76-50(66)74-32-52(8,47(63)68-26-20-24-55(13,14)15)30-72-44(60)37(3)79-45(61)38(4)78-40(6)57/h16-18,21-22,35-38H,19-20,23-34H2,1-15H3/q+2/t35-,36+,37+,38+,51?,52?,53?/m0/s1. The van der Waals surface area contributed by atoms with E-state index in [0.29, 0.717) is 40.5 Å². The summed E-state index contributed by atoms with van der Waals surface area (Å²) in [6.45, 7) is 6.60. The van der Waals surface area contributed by atoms with E-state index in [0.717, 1.165) is 13.8 Å². The third kappa shape index (κ3) is 28.4. The Balaban J connectivity index is 3.30. The molecule has 0 aliphatic rings. The van der Waals surface area contributed by atoms with Crippen LogP contribution in [0.3, 0.4) is 0 Å². The number of benzene rings is 1. The maximum Gasteiger partial charge on any atom is 0.508 e. The molecule has 0 radical (unpaired) electrons. The van der Waals surface area contributed by atoms with Crippen LogP contribution < -0.4 is 0 Å². The minimum atomic E-state index is -1.99. The number of hydrogen-bond acceptors (Lipinski definition) is 24. The Morgan fingerprint density at radius 3 is 1.16 bits per heavy atom.